The van der Waals surface area contributed by atoms with E-state index < -0.39 is 0 Å². The van der Waals surface area contributed by atoms with Gasteiger partial charge in [0.15, 0.2) is 0 Å². The normalized spacial score (nSPS) is 18.4. The lowest BCUT2D eigenvalue weighted by atomic mass is 10.0. The van der Waals surface area contributed by atoms with Crippen LogP contribution >= 0.6 is 11.6 Å². The average molecular weight is 356 g/mol. The number of nitrogens with zero attached hydrogens (tertiary/aromatic N) is 5. The van der Waals surface area contributed by atoms with Crippen LogP contribution in [0, 0.1) is 0 Å². The van der Waals surface area contributed by atoms with Crippen molar-refractivity contribution in [2.45, 2.75) is 31.8 Å². The van der Waals surface area contributed by atoms with Crippen molar-refractivity contribution in [3.63, 3.8) is 0 Å². The summed E-state index contributed by atoms with van der Waals surface area (Å²) in [6, 6.07) is 8.10. The Balaban J connectivity index is 1.55. The number of hydrogen-bond donors (Lipinski definition) is 0. The molecule has 25 heavy (non-hydrogen) atoms. The van der Waals surface area contributed by atoms with Gasteiger partial charge in [0.2, 0.25) is 5.89 Å². The molecule has 1 saturated heterocycles. The van der Waals surface area contributed by atoms with E-state index in [4.69, 9.17) is 16.0 Å². The minimum absolute atomic E-state index is 0.127. The van der Waals surface area contributed by atoms with Gasteiger partial charge < -0.3 is 4.42 Å². The molecule has 1 aliphatic rings. The summed E-state index contributed by atoms with van der Waals surface area (Å²) in [6.07, 6.45) is 8.21. The summed E-state index contributed by atoms with van der Waals surface area (Å²) in [7, 11) is 0. The maximum Gasteiger partial charge on any atom is 0.267 e. The molecule has 128 valence electrons. The number of hydrogen-bond acceptors (Lipinski definition) is 6. The van der Waals surface area contributed by atoms with Gasteiger partial charge >= 0.3 is 0 Å². The summed E-state index contributed by atoms with van der Waals surface area (Å²) >= 11 is 5.98. The molecule has 2 aromatic heterocycles. The lowest BCUT2D eigenvalue weighted by molar-refractivity contribution is 0.118. The zero-order chi connectivity index (χ0) is 17.1. The molecule has 0 saturated carbocycles. The molecule has 1 atom stereocenters. The van der Waals surface area contributed by atoms with Crippen molar-refractivity contribution in [1.29, 1.82) is 0 Å². The fourth-order valence-electron chi connectivity index (χ4n) is 3.17. The SMILES string of the molecule is Clc1ccc(CN2CCCC[C@@H]2c2nnc(-c3cnccn3)o2)cc1. The van der Waals surface area contributed by atoms with E-state index in [2.05, 4.69) is 37.2 Å². The van der Waals surface area contributed by atoms with Crippen molar-refractivity contribution in [3.05, 3.63) is 59.3 Å². The first-order valence-corrected chi connectivity index (χ1v) is 8.76. The quantitative estimate of drug-likeness (QED) is 0.706. The van der Waals surface area contributed by atoms with Gasteiger partial charge in [-0.15, -0.1) is 10.2 Å². The first kappa shape index (κ1) is 16.2. The van der Waals surface area contributed by atoms with Crippen molar-refractivity contribution in [3.8, 4) is 11.6 Å². The maximum absolute atomic E-state index is 5.98. The molecular formula is C18H18ClN5O. The Morgan fingerprint density at radius 3 is 2.80 bits per heavy atom. The van der Waals surface area contributed by atoms with Gasteiger partial charge in [-0.2, -0.15) is 0 Å². The number of halogens is 1. The fourth-order valence-corrected chi connectivity index (χ4v) is 3.29. The van der Waals surface area contributed by atoms with Crippen LogP contribution in [0.15, 0.2) is 47.3 Å². The van der Waals surface area contributed by atoms with Crippen molar-refractivity contribution in [1.82, 2.24) is 25.1 Å². The molecule has 0 spiro atoms. The number of benzene rings is 1. The van der Waals surface area contributed by atoms with Gasteiger partial charge in [-0.1, -0.05) is 30.2 Å². The van der Waals surface area contributed by atoms with Crippen LogP contribution in [0.5, 0.6) is 0 Å². The van der Waals surface area contributed by atoms with Gasteiger partial charge in [-0.3, -0.25) is 9.88 Å². The summed E-state index contributed by atoms with van der Waals surface area (Å²) in [6.45, 7) is 1.85. The third kappa shape index (κ3) is 3.70. The zero-order valence-electron chi connectivity index (χ0n) is 13.7. The highest BCUT2D eigenvalue weighted by Crippen LogP contribution is 2.32. The first-order chi connectivity index (χ1) is 12.3. The zero-order valence-corrected chi connectivity index (χ0v) is 14.4. The van der Waals surface area contributed by atoms with E-state index in [1.165, 1.54) is 12.0 Å². The molecule has 3 aromatic rings. The predicted molar refractivity (Wildman–Crippen MR) is 93.8 cm³/mol. The van der Waals surface area contributed by atoms with Crippen LogP contribution in [0.2, 0.25) is 5.02 Å². The molecule has 1 aliphatic heterocycles. The number of rotatable bonds is 4. The highest BCUT2D eigenvalue weighted by atomic mass is 35.5. The van der Waals surface area contributed by atoms with Crippen LogP contribution in [0.1, 0.15) is 36.8 Å². The van der Waals surface area contributed by atoms with Gasteiger partial charge in [0.05, 0.1) is 12.2 Å². The standard InChI is InChI=1S/C18H18ClN5O/c19-14-6-4-13(5-7-14)12-24-10-2-1-3-16(24)18-23-22-17(25-18)15-11-20-8-9-21-15/h4-9,11,16H,1-3,10,12H2/t16-/m1/s1. The minimum Gasteiger partial charge on any atom is -0.417 e. The van der Waals surface area contributed by atoms with Crippen molar-refractivity contribution in [2.24, 2.45) is 0 Å². The second kappa shape index (κ2) is 7.29. The molecule has 6 nitrogen and oxygen atoms in total. The van der Waals surface area contributed by atoms with Crippen molar-refractivity contribution >= 4 is 11.6 Å². The molecule has 1 fully saturated rings. The number of piperidine rings is 1. The predicted octanol–water partition coefficient (Wildman–Crippen LogP) is 3.91. The van der Waals surface area contributed by atoms with Crippen LogP contribution in [-0.2, 0) is 6.54 Å². The van der Waals surface area contributed by atoms with E-state index in [0.717, 1.165) is 31.0 Å². The molecule has 0 N–H and O–H groups in total. The molecule has 0 amide bonds. The molecule has 4 rings (SSSR count). The Morgan fingerprint density at radius 2 is 2.00 bits per heavy atom. The number of aromatic nitrogens is 4. The van der Waals surface area contributed by atoms with Crippen LogP contribution in [-0.4, -0.2) is 31.6 Å². The van der Waals surface area contributed by atoms with Crippen LogP contribution < -0.4 is 0 Å². The molecular weight excluding hydrogens is 338 g/mol. The first-order valence-electron chi connectivity index (χ1n) is 8.38. The third-order valence-corrected chi connectivity index (χ3v) is 4.67. The van der Waals surface area contributed by atoms with Crippen LogP contribution in [0.3, 0.4) is 0 Å². The highest BCUT2D eigenvalue weighted by molar-refractivity contribution is 6.30. The molecule has 0 aliphatic carbocycles. The Morgan fingerprint density at radius 1 is 1.12 bits per heavy atom. The second-order valence-corrected chi connectivity index (χ2v) is 6.58. The molecule has 3 heterocycles. The largest absolute Gasteiger partial charge is 0.417 e. The third-order valence-electron chi connectivity index (χ3n) is 4.42. The molecule has 1 aromatic carbocycles. The Labute approximate surface area is 150 Å². The smallest absolute Gasteiger partial charge is 0.267 e. The van der Waals surface area contributed by atoms with E-state index in [1.54, 1.807) is 18.6 Å². The average Bonchev–Trinajstić information content (AvgIpc) is 3.15. The summed E-state index contributed by atoms with van der Waals surface area (Å²) in [4.78, 5) is 10.7. The van der Waals surface area contributed by atoms with Crippen LogP contribution in [0.4, 0.5) is 0 Å². The molecule has 0 bridgehead atoms. The van der Waals surface area contributed by atoms with E-state index >= 15 is 0 Å². The van der Waals surface area contributed by atoms with Gasteiger partial charge in [0.1, 0.15) is 5.69 Å². The van der Waals surface area contributed by atoms with Crippen molar-refractivity contribution < 1.29 is 4.42 Å². The summed E-state index contributed by atoms with van der Waals surface area (Å²) in [5, 5.41) is 9.18. The van der Waals surface area contributed by atoms with Gasteiger partial charge in [0, 0.05) is 24.0 Å². The monoisotopic (exact) mass is 355 g/mol. The molecule has 0 radical (unpaired) electrons. The van der Waals surface area contributed by atoms with E-state index in [0.29, 0.717) is 17.5 Å². The van der Waals surface area contributed by atoms with E-state index in [9.17, 15) is 0 Å². The van der Waals surface area contributed by atoms with Gasteiger partial charge in [0.25, 0.3) is 5.89 Å². The summed E-state index contributed by atoms with van der Waals surface area (Å²) in [5.74, 6) is 1.06. The number of likely N-dealkylation sites (tertiary alicyclic amines) is 1. The topological polar surface area (TPSA) is 67.9 Å². The fraction of sp³-hybridized carbons (Fsp3) is 0.333. The van der Waals surface area contributed by atoms with Crippen LogP contribution in [0.25, 0.3) is 11.6 Å². The van der Waals surface area contributed by atoms with Crippen molar-refractivity contribution in [2.75, 3.05) is 6.54 Å². The van der Waals surface area contributed by atoms with Gasteiger partial charge in [-0.25, -0.2) is 4.98 Å². The minimum atomic E-state index is 0.127. The van der Waals surface area contributed by atoms with Gasteiger partial charge in [-0.05, 0) is 37.1 Å². The lowest BCUT2D eigenvalue weighted by Crippen LogP contribution is -2.33. The Bertz CT molecular complexity index is 821. The Kier molecular flexibility index (Phi) is 4.72. The maximum atomic E-state index is 5.98. The second-order valence-electron chi connectivity index (χ2n) is 6.14. The van der Waals surface area contributed by atoms with E-state index in [-0.39, 0.29) is 6.04 Å². The lowest BCUT2D eigenvalue weighted by Gasteiger charge is -2.33. The molecule has 7 heteroatoms. The molecule has 0 unspecified atom stereocenters. The highest BCUT2D eigenvalue weighted by Gasteiger charge is 2.29. The Hall–Kier alpha value is -2.31. The summed E-state index contributed by atoms with van der Waals surface area (Å²) in [5.41, 5.74) is 1.83. The van der Waals surface area contributed by atoms with E-state index in [1.807, 2.05) is 12.1 Å². The summed E-state index contributed by atoms with van der Waals surface area (Å²) < 4.78 is 5.91.